The fourth-order valence-electron chi connectivity index (χ4n) is 8.95. The largest absolute Gasteiger partial charge is 0.310 e. The number of anilines is 3. The van der Waals surface area contributed by atoms with E-state index in [1.807, 2.05) is 0 Å². The van der Waals surface area contributed by atoms with Gasteiger partial charge >= 0.3 is 0 Å². The van der Waals surface area contributed by atoms with Gasteiger partial charge in [-0.1, -0.05) is 109 Å². The van der Waals surface area contributed by atoms with E-state index in [0.717, 1.165) is 11.4 Å². The molecule has 0 saturated heterocycles. The maximum atomic E-state index is 2.51. The number of hydrogen-bond acceptors (Lipinski definition) is 1. The van der Waals surface area contributed by atoms with E-state index >= 15 is 0 Å². The van der Waals surface area contributed by atoms with Gasteiger partial charge in [-0.05, 0) is 152 Å². The second kappa shape index (κ2) is 10.3. The van der Waals surface area contributed by atoms with Crippen LogP contribution in [0.15, 0.2) is 158 Å². The Labute approximate surface area is 287 Å². The van der Waals surface area contributed by atoms with E-state index < -0.39 is 5.41 Å². The fraction of sp³-hybridized carbons (Fsp3) is 0.0833. The average Bonchev–Trinajstić information content (AvgIpc) is 3.60. The molecule has 49 heavy (non-hydrogen) atoms. The Balaban J connectivity index is 1.28. The van der Waals surface area contributed by atoms with Gasteiger partial charge in [0.15, 0.2) is 0 Å². The van der Waals surface area contributed by atoms with Gasteiger partial charge in [0.1, 0.15) is 0 Å². The maximum Gasteiger partial charge on any atom is 0.0731 e. The third-order valence-corrected chi connectivity index (χ3v) is 11.4. The Kier molecular flexibility index (Phi) is 5.91. The summed E-state index contributed by atoms with van der Waals surface area (Å²) in [6.45, 7) is 6.65. The Morgan fingerprint density at radius 2 is 1.02 bits per heavy atom. The summed E-state index contributed by atoms with van der Waals surface area (Å²) in [4.78, 5) is 2.41. The highest BCUT2D eigenvalue weighted by Crippen LogP contribution is 2.64. The molecular weight excluding hydrogens is 591 g/mol. The molecular formula is C48H35N. The first-order valence-corrected chi connectivity index (χ1v) is 17.3. The molecule has 0 heterocycles. The molecule has 8 aromatic rings. The molecule has 0 N–H and O–H groups in total. The minimum atomic E-state index is -0.410. The quantitative estimate of drug-likeness (QED) is 0.189. The smallest absolute Gasteiger partial charge is 0.0731 e. The first-order chi connectivity index (χ1) is 24.0. The Morgan fingerprint density at radius 3 is 1.76 bits per heavy atom. The molecule has 1 spiro atoms. The van der Waals surface area contributed by atoms with Crippen molar-refractivity contribution in [3.63, 3.8) is 0 Å². The molecule has 1 heteroatoms. The molecule has 2 aliphatic rings. The van der Waals surface area contributed by atoms with Crippen molar-refractivity contribution in [2.75, 3.05) is 4.90 Å². The van der Waals surface area contributed by atoms with Crippen molar-refractivity contribution in [1.82, 2.24) is 0 Å². The van der Waals surface area contributed by atoms with Crippen LogP contribution in [-0.2, 0) is 5.41 Å². The second-order valence-corrected chi connectivity index (χ2v) is 13.9. The zero-order valence-corrected chi connectivity index (χ0v) is 28.0. The van der Waals surface area contributed by atoms with Crippen LogP contribution in [0.5, 0.6) is 0 Å². The Hall–Kier alpha value is -5.92. The standard InChI is InChI=1S/C48H35N/c1-30-25-38(26-31(2)32(30)3)49(36-14-5-4-6-15-36)37-23-21-34-28-43-42-24-22-33-13-7-8-16-39(33)47(42)48(46(43)29-35(34)27-37)44-19-11-9-17-40(44)41-18-10-12-20-45(41)48/h4-29H,1-3H3. The predicted octanol–water partition coefficient (Wildman–Crippen LogP) is 12.7. The molecule has 0 saturated carbocycles. The van der Waals surface area contributed by atoms with Gasteiger partial charge in [0.25, 0.3) is 0 Å². The van der Waals surface area contributed by atoms with Gasteiger partial charge in [0.05, 0.1) is 5.41 Å². The number of benzene rings is 8. The SMILES string of the molecule is Cc1cc(N(c2ccccc2)c2ccc3cc4c(cc3c2)C2(c3ccccc3-c3ccccc32)c2c-4ccc3ccccc23)cc(C)c1C. The van der Waals surface area contributed by atoms with E-state index in [1.54, 1.807) is 0 Å². The van der Waals surface area contributed by atoms with Crippen LogP contribution in [0, 0.1) is 20.8 Å². The number of rotatable bonds is 3. The van der Waals surface area contributed by atoms with Crippen LogP contribution in [0.3, 0.4) is 0 Å². The van der Waals surface area contributed by atoms with Crippen molar-refractivity contribution in [2.45, 2.75) is 26.2 Å². The molecule has 2 aliphatic carbocycles. The normalized spacial score (nSPS) is 13.4. The van der Waals surface area contributed by atoms with Gasteiger partial charge < -0.3 is 4.90 Å². The van der Waals surface area contributed by atoms with Crippen molar-refractivity contribution in [3.05, 3.63) is 197 Å². The molecule has 0 radical (unpaired) electrons. The van der Waals surface area contributed by atoms with Crippen molar-refractivity contribution in [2.24, 2.45) is 0 Å². The van der Waals surface area contributed by atoms with Crippen LogP contribution in [-0.4, -0.2) is 0 Å². The molecule has 0 unspecified atom stereocenters. The summed E-state index contributed by atoms with van der Waals surface area (Å²) >= 11 is 0. The highest BCUT2D eigenvalue weighted by Gasteiger charge is 2.52. The highest BCUT2D eigenvalue weighted by atomic mass is 15.1. The summed E-state index contributed by atoms with van der Waals surface area (Å²) in [5.74, 6) is 0. The number of fused-ring (bicyclic) bond motifs is 13. The average molecular weight is 626 g/mol. The lowest BCUT2D eigenvalue weighted by Gasteiger charge is -2.31. The van der Waals surface area contributed by atoms with E-state index in [-0.39, 0.29) is 0 Å². The number of nitrogens with zero attached hydrogens (tertiary/aromatic N) is 1. The zero-order chi connectivity index (χ0) is 32.9. The predicted molar refractivity (Wildman–Crippen MR) is 207 cm³/mol. The van der Waals surface area contributed by atoms with Crippen LogP contribution in [0.4, 0.5) is 17.1 Å². The molecule has 232 valence electrons. The van der Waals surface area contributed by atoms with E-state index in [4.69, 9.17) is 0 Å². The first-order valence-electron chi connectivity index (χ1n) is 17.3. The topological polar surface area (TPSA) is 3.24 Å². The van der Waals surface area contributed by atoms with Crippen molar-refractivity contribution in [3.8, 4) is 22.3 Å². The van der Waals surface area contributed by atoms with Gasteiger partial charge in [-0.15, -0.1) is 0 Å². The molecule has 0 aliphatic heterocycles. The van der Waals surface area contributed by atoms with Gasteiger partial charge in [0, 0.05) is 17.1 Å². The minimum absolute atomic E-state index is 0.410. The van der Waals surface area contributed by atoms with Crippen LogP contribution in [0.1, 0.15) is 38.9 Å². The zero-order valence-electron chi connectivity index (χ0n) is 28.0. The summed E-state index contributed by atoms with van der Waals surface area (Å²) in [7, 11) is 0. The molecule has 0 aromatic heterocycles. The van der Waals surface area contributed by atoms with Crippen LogP contribution >= 0.6 is 0 Å². The highest BCUT2D eigenvalue weighted by molar-refractivity contribution is 6.06. The van der Waals surface area contributed by atoms with E-state index in [1.165, 1.54) is 88.4 Å². The van der Waals surface area contributed by atoms with Gasteiger partial charge in [-0.2, -0.15) is 0 Å². The van der Waals surface area contributed by atoms with Crippen molar-refractivity contribution >= 4 is 38.6 Å². The summed E-state index contributed by atoms with van der Waals surface area (Å²) < 4.78 is 0. The minimum Gasteiger partial charge on any atom is -0.310 e. The molecule has 8 aromatic carbocycles. The third kappa shape index (κ3) is 3.82. The lowest BCUT2D eigenvalue weighted by Crippen LogP contribution is -2.26. The fourth-order valence-corrected chi connectivity index (χ4v) is 8.95. The van der Waals surface area contributed by atoms with Crippen LogP contribution < -0.4 is 4.90 Å². The lowest BCUT2D eigenvalue weighted by molar-refractivity contribution is 0.802. The van der Waals surface area contributed by atoms with E-state index in [0.29, 0.717) is 0 Å². The summed E-state index contributed by atoms with van der Waals surface area (Å²) in [6, 6.07) is 59.2. The summed E-state index contributed by atoms with van der Waals surface area (Å²) in [5, 5.41) is 5.11. The summed E-state index contributed by atoms with van der Waals surface area (Å²) in [6.07, 6.45) is 0. The summed E-state index contributed by atoms with van der Waals surface area (Å²) in [5.41, 5.74) is 17.9. The second-order valence-electron chi connectivity index (χ2n) is 13.9. The van der Waals surface area contributed by atoms with Crippen molar-refractivity contribution < 1.29 is 0 Å². The monoisotopic (exact) mass is 625 g/mol. The molecule has 10 rings (SSSR count). The first kappa shape index (κ1) is 28.1. The van der Waals surface area contributed by atoms with Gasteiger partial charge in [-0.3, -0.25) is 0 Å². The van der Waals surface area contributed by atoms with Crippen molar-refractivity contribution in [1.29, 1.82) is 0 Å². The van der Waals surface area contributed by atoms with Gasteiger partial charge in [-0.25, -0.2) is 0 Å². The number of hydrogen-bond donors (Lipinski definition) is 0. The third-order valence-electron chi connectivity index (χ3n) is 11.4. The van der Waals surface area contributed by atoms with E-state index in [9.17, 15) is 0 Å². The number of para-hydroxylation sites is 1. The Bertz CT molecular complexity index is 2580. The van der Waals surface area contributed by atoms with Gasteiger partial charge in [0.2, 0.25) is 0 Å². The Morgan fingerprint density at radius 1 is 0.388 bits per heavy atom. The van der Waals surface area contributed by atoms with E-state index in [2.05, 4.69) is 183 Å². The van der Waals surface area contributed by atoms with Crippen LogP contribution in [0.2, 0.25) is 0 Å². The lowest BCUT2D eigenvalue weighted by atomic mass is 9.69. The molecule has 0 bridgehead atoms. The molecule has 1 nitrogen and oxygen atoms in total. The molecule has 0 atom stereocenters. The maximum absolute atomic E-state index is 2.51. The van der Waals surface area contributed by atoms with Crippen LogP contribution in [0.25, 0.3) is 43.8 Å². The molecule has 0 amide bonds. The molecule has 0 fully saturated rings. The number of aryl methyl sites for hydroxylation is 2.